The number of thiazole rings is 1. The molecule has 2 rings (SSSR count). The lowest BCUT2D eigenvalue weighted by Crippen LogP contribution is -2.03. The number of rotatable bonds is 3. The maximum absolute atomic E-state index is 5.91. The van der Waals surface area contributed by atoms with Crippen LogP contribution in [0.15, 0.2) is 24.4 Å². The van der Waals surface area contributed by atoms with Crippen molar-refractivity contribution < 1.29 is 0 Å². The van der Waals surface area contributed by atoms with Gasteiger partial charge in [0.25, 0.3) is 0 Å². The molecule has 0 saturated carbocycles. The summed E-state index contributed by atoms with van der Waals surface area (Å²) in [5.41, 5.74) is 8.87. The molecule has 0 saturated heterocycles. The lowest BCUT2D eigenvalue weighted by Gasteiger charge is -2.10. The number of hydrogen-bond acceptors (Lipinski definition) is 4. The molecular weight excluding hydrogens is 218 g/mol. The Hall–Kier alpha value is -1.55. The summed E-state index contributed by atoms with van der Waals surface area (Å²) in [5.74, 6) is 0. The molecule has 1 aromatic heterocycles. The maximum Gasteiger partial charge on any atom is 0.112 e. The zero-order chi connectivity index (χ0) is 11.5. The highest BCUT2D eigenvalue weighted by Crippen LogP contribution is 2.23. The summed E-state index contributed by atoms with van der Waals surface area (Å²) in [6.45, 7) is 4.84. The van der Waals surface area contributed by atoms with Gasteiger partial charge >= 0.3 is 0 Å². The fraction of sp³-hybridized carbons (Fsp3) is 0.250. The summed E-state index contributed by atoms with van der Waals surface area (Å²) >= 11 is 1.70. The molecule has 4 heteroatoms. The van der Waals surface area contributed by atoms with Gasteiger partial charge in [-0.2, -0.15) is 0 Å². The number of nitrogens with two attached hydrogens (primary N) is 1. The number of nitrogen functional groups attached to an aromatic ring is 1. The third kappa shape index (κ3) is 2.33. The number of hydrogen-bond donors (Lipinski definition) is 2. The molecule has 0 spiro atoms. The number of nitrogens with one attached hydrogen (secondary N) is 1. The van der Waals surface area contributed by atoms with E-state index in [1.807, 2.05) is 31.3 Å². The van der Waals surface area contributed by atoms with Crippen LogP contribution in [0.5, 0.6) is 0 Å². The number of aromatic nitrogens is 1. The first kappa shape index (κ1) is 11.0. The van der Waals surface area contributed by atoms with Crippen LogP contribution < -0.4 is 11.1 Å². The molecule has 0 aliphatic rings. The summed E-state index contributed by atoms with van der Waals surface area (Å²) in [7, 11) is 0. The molecule has 0 atom stereocenters. The average Bonchev–Trinajstić information content (AvgIpc) is 2.63. The Morgan fingerprint density at radius 1 is 1.38 bits per heavy atom. The van der Waals surface area contributed by atoms with E-state index in [-0.39, 0.29) is 0 Å². The molecule has 84 valence electrons. The van der Waals surface area contributed by atoms with Crippen LogP contribution in [0.3, 0.4) is 0 Å². The molecule has 1 aromatic carbocycles. The third-order valence-corrected chi connectivity index (χ3v) is 3.30. The summed E-state index contributed by atoms with van der Waals surface area (Å²) in [5, 5.41) is 4.42. The average molecular weight is 233 g/mol. The van der Waals surface area contributed by atoms with Crippen LogP contribution >= 0.6 is 11.3 Å². The van der Waals surface area contributed by atoms with E-state index in [4.69, 9.17) is 5.73 Å². The van der Waals surface area contributed by atoms with Crippen molar-refractivity contribution in [3.8, 4) is 0 Å². The third-order valence-electron chi connectivity index (χ3n) is 2.39. The molecule has 0 unspecified atom stereocenters. The molecule has 3 N–H and O–H groups in total. The van der Waals surface area contributed by atoms with Crippen LogP contribution in [-0.4, -0.2) is 4.98 Å². The highest BCUT2D eigenvalue weighted by molar-refractivity contribution is 7.11. The van der Waals surface area contributed by atoms with E-state index in [9.17, 15) is 0 Å². The summed E-state index contributed by atoms with van der Waals surface area (Å²) in [6, 6.07) is 5.91. The van der Waals surface area contributed by atoms with Crippen LogP contribution in [0, 0.1) is 13.8 Å². The number of anilines is 2. The van der Waals surface area contributed by atoms with Crippen LogP contribution in [0.25, 0.3) is 0 Å². The van der Waals surface area contributed by atoms with Crippen LogP contribution in [0.1, 0.15) is 15.4 Å². The molecule has 16 heavy (non-hydrogen) atoms. The van der Waals surface area contributed by atoms with E-state index in [1.165, 1.54) is 4.88 Å². The molecule has 2 aromatic rings. The first-order chi connectivity index (χ1) is 7.66. The number of aryl methyl sites for hydroxylation is 2. The predicted molar refractivity (Wildman–Crippen MR) is 69.8 cm³/mol. The van der Waals surface area contributed by atoms with Gasteiger partial charge in [0, 0.05) is 11.1 Å². The fourth-order valence-corrected chi connectivity index (χ4v) is 2.31. The van der Waals surface area contributed by atoms with Crippen molar-refractivity contribution in [2.75, 3.05) is 11.1 Å². The monoisotopic (exact) mass is 233 g/mol. The molecule has 0 aliphatic carbocycles. The zero-order valence-electron chi connectivity index (χ0n) is 9.45. The van der Waals surface area contributed by atoms with E-state index < -0.39 is 0 Å². The van der Waals surface area contributed by atoms with Gasteiger partial charge in [-0.1, -0.05) is 12.1 Å². The van der Waals surface area contributed by atoms with E-state index in [1.54, 1.807) is 11.3 Å². The summed E-state index contributed by atoms with van der Waals surface area (Å²) < 4.78 is 0. The van der Waals surface area contributed by atoms with Gasteiger partial charge in [-0.05, 0) is 25.5 Å². The molecule has 0 radical (unpaired) electrons. The molecule has 0 bridgehead atoms. The zero-order valence-corrected chi connectivity index (χ0v) is 10.3. The lowest BCUT2D eigenvalue weighted by atomic mass is 10.1. The second kappa shape index (κ2) is 4.53. The van der Waals surface area contributed by atoms with E-state index >= 15 is 0 Å². The minimum absolute atomic E-state index is 0.730. The SMILES string of the molecule is Cc1cnc(CNc2c(C)cccc2N)s1. The Balaban J connectivity index is 2.10. The molecule has 1 heterocycles. The first-order valence-corrected chi connectivity index (χ1v) is 5.99. The van der Waals surface area contributed by atoms with Crippen molar-refractivity contribution in [2.45, 2.75) is 20.4 Å². The van der Waals surface area contributed by atoms with Crippen molar-refractivity contribution in [3.63, 3.8) is 0 Å². The van der Waals surface area contributed by atoms with Crippen molar-refractivity contribution in [1.82, 2.24) is 4.98 Å². The minimum Gasteiger partial charge on any atom is -0.397 e. The Labute approximate surface area is 99.3 Å². The molecule has 3 nitrogen and oxygen atoms in total. The minimum atomic E-state index is 0.730. The standard InChI is InChI=1S/C12H15N3S/c1-8-4-3-5-10(13)12(8)15-7-11-14-6-9(2)16-11/h3-6,15H,7,13H2,1-2H3. The molecule has 0 amide bonds. The molecule has 0 fully saturated rings. The van der Waals surface area contributed by atoms with Gasteiger partial charge in [0.05, 0.1) is 17.9 Å². The van der Waals surface area contributed by atoms with Crippen LogP contribution in [-0.2, 0) is 6.54 Å². The van der Waals surface area contributed by atoms with Gasteiger partial charge in [0.1, 0.15) is 5.01 Å². The van der Waals surface area contributed by atoms with Gasteiger partial charge in [-0.15, -0.1) is 11.3 Å². The molecule has 0 aliphatic heterocycles. The largest absolute Gasteiger partial charge is 0.397 e. The Morgan fingerprint density at radius 3 is 2.81 bits per heavy atom. The number of benzene rings is 1. The smallest absolute Gasteiger partial charge is 0.112 e. The molecular formula is C12H15N3S. The highest BCUT2D eigenvalue weighted by atomic mass is 32.1. The van der Waals surface area contributed by atoms with Crippen LogP contribution in [0.2, 0.25) is 0 Å². The highest BCUT2D eigenvalue weighted by Gasteiger charge is 2.03. The predicted octanol–water partition coefficient (Wildman–Crippen LogP) is 2.95. The van der Waals surface area contributed by atoms with Crippen molar-refractivity contribution in [1.29, 1.82) is 0 Å². The van der Waals surface area contributed by atoms with Gasteiger partial charge in [0.15, 0.2) is 0 Å². The summed E-state index contributed by atoms with van der Waals surface area (Å²) in [4.78, 5) is 5.54. The Kier molecular flexibility index (Phi) is 3.10. The van der Waals surface area contributed by atoms with E-state index in [0.717, 1.165) is 28.5 Å². The van der Waals surface area contributed by atoms with E-state index in [2.05, 4.69) is 17.2 Å². The second-order valence-electron chi connectivity index (χ2n) is 3.76. The Morgan fingerprint density at radius 2 is 2.19 bits per heavy atom. The van der Waals surface area contributed by atoms with Crippen molar-refractivity contribution in [2.24, 2.45) is 0 Å². The van der Waals surface area contributed by atoms with Gasteiger partial charge in [0.2, 0.25) is 0 Å². The van der Waals surface area contributed by atoms with Crippen molar-refractivity contribution in [3.05, 3.63) is 39.8 Å². The van der Waals surface area contributed by atoms with Gasteiger partial charge in [-0.3, -0.25) is 0 Å². The summed E-state index contributed by atoms with van der Waals surface area (Å²) in [6.07, 6.45) is 1.89. The Bertz CT molecular complexity index is 471. The maximum atomic E-state index is 5.91. The van der Waals surface area contributed by atoms with Gasteiger partial charge in [-0.25, -0.2) is 4.98 Å². The van der Waals surface area contributed by atoms with Crippen LogP contribution in [0.4, 0.5) is 11.4 Å². The van der Waals surface area contributed by atoms with E-state index in [0.29, 0.717) is 0 Å². The van der Waals surface area contributed by atoms with Crippen molar-refractivity contribution >= 4 is 22.7 Å². The number of nitrogens with zero attached hydrogens (tertiary/aromatic N) is 1. The second-order valence-corrected chi connectivity index (χ2v) is 5.08. The topological polar surface area (TPSA) is 50.9 Å². The quantitative estimate of drug-likeness (QED) is 0.801. The lowest BCUT2D eigenvalue weighted by molar-refractivity contribution is 1.10. The number of para-hydroxylation sites is 1. The first-order valence-electron chi connectivity index (χ1n) is 5.17. The normalized spacial score (nSPS) is 10.4. The fourth-order valence-electron chi connectivity index (χ4n) is 1.58. The van der Waals surface area contributed by atoms with Gasteiger partial charge < -0.3 is 11.1 Å².